The quantitative estimate of drug-likeness (QED) is 0.338. The molecule has 1 aromatic carbocycles. The molecule has 0 saturated carbocycles. The maximum Gasteiger partial charge on any atom is 0.417 e. The largest absolute Gasteiger partial charge is 0.450 e. The van der Waals surface area contributed by atoms with E-state index in [1.54, 1.807) is 10.9 Å². The van der Waals surface area contributed by atoms with Crippen LogP contribution < -0.4 is 11.1 Å². The predicted octanol–water partition coefficient (Wildman–Crippen LogP) is 5.09. The molecule has 3 aromatic rings. The van der Waals surface area contributed by atoms with E-state index < -0.39 is 22.9 Å². The number of carbonyl (C=O) groups excluding carboxylic acids is 1. The summed E-state index contributed by atoms with van der Waals surface area (Å²) in [5, 5.41) is 1.79. The van der Waals surface area contributed by atoms with Gasteiger partial charge in [-0.2, -0.15) is 23.1 Å². The number of imidazole rings is 1. The third kappa shape index (κ3) is 5.64. The number of alkyl carbamates (subject to hydrolysis) is 1. The van der Waals surface area contributed by atoms with E-state index in [1.165, 1.54) is 0 Å². The highest BCUT2D eigenvalue weighted by Crippen LogP contribution is 2.38. The molecular weight excluding hydrogens is 496 g/mol. The molecule has 14 heteroatoms. The predicted molar refractivity (Wildman–Crippen MR) is 114 cm³/mol. The molecule has 172 valence electrons. The smallest absolute Gasteiger partial charge is 0.417 e. The first kappa shape index (κ1) is 24.1. The van der Waals surface area contributed by atoms with Gasteiger partial charge in [-0.25, -0.2) is 9.78 Å². The number of hydrogen-bond donors (Lipinski definition) is 2. The molecule has 2 aromatic heterocycles. The first-order chi connectivity index (χ1) is 15.1. The van der Waals surface area contributed by atoms with Crippen molar-refractivity contribution < 1.29 is 22.7 Å². The SMILES string of the molecule is Nc1nc(Cl)nc2c1ncn2CCCCOC(=O)NCc1c(Cl)ccc(C(F)(F)F)c1Cl. The molecule has 2 heterocycles. The zero-order valence-corrected chi connectivity index (χ0v) is 18.5. The number of amides is 1. The Kier molecular flexibility index (Phi) is 7.52. The van der Waals surface area contributed by atoms with Gasteiger partial charge in [0.2, 0.25) is 5.28 Å². The number of nitrogens with two attached hydrogens (primary N) is 1. The van der Waals surface area contributed by atoms with E-state index >= 15 is 0 Å². The lowest BCUT2D eigenvalue weighted by Gasteiger charge is -2.14. The zero-order valence-electron chi connectivity index (χ0n) is 16.2. The molecule has 3 rings (SSSR count). The minimum atomic E-state index is -4.64. The van der Waals surface area contributed by atoms with E-state index in [0.717, 1.165) is 12.1 Å². The van der Waals surface area contributed by atoms with Crippen molar-refractivity contribution in [3.63, 3.8) is 0 Å². The number of nitrogens with one attached hydrogen (secondary N) is 1. The summed E-state index contributed by atoms with van der Waals surface area (Å²) in [5.74, 6) is 0.180. The number of alkyl halides is 3. The van der Waals surface area contributed by atoms with Gasteiger partial charge in [0.1, 0.15) is 5.52 Å². The van der Waals surface area contributed by atoms with Crippen LogP contribution in [-0.4, -0.2) is 32.2 Å². The van der Waals surface area contributed by atoms with Gasteiger partial charge in [0, 0.05) is 23.7 Å². The Morgan fingerprint density at radius 2 is 1.94 bits per heavy atom. The second kappa shape index (κ2) is 9.97. The minimum absolute atomic E-state index is 0.000378. The fraction of sp³-hybridized carbons (Fsp3) is 0.333. The van der Waals surface area contributed by atoms with Crippen molar-refractivity contribution in [3.8, 4) is 0 Å². The molecule has 0 aliphatic heterocycles. The second-order valence-electron chi connectivity index (χ2n) is 6.57. The number of ether oxygens (including phenoxy) is 1. The number of benzene rings is 1. The van der Waals surface area contributed by atoms with Crippen LogP contribution in [0.3, 0.4) is 0 Å². The standard InChI is InChI=1S/C18H16Cl3F3N6O2/c19-11-4-3-10(18(22,23)24)12(20)9(11)7-26-17(31)32-6-2-1-5-30-8-27-13-14(25)28-16(21)29-15(13)30/h3-4,8H,1-2,5-7H2,(H,26,31)(H2,25,28,29). The summed E-state index contributed by atoms with van der Waals surface area (Å²) in [6, 6.07) is 1.86. The lowest BCUT2D eigenvalue weighted by Crippen LogP contribution is -2.25. The summed E-state index contributed by atoms with van der Waals surface area (Å²) in [6.07, 6.45) is -2.77. The Morgan fingerprint density at radius 3 is 2.66 bits per heavy atom. The maximum atomic E-state index is 13.0. The number of unbranched alkanes of at least 4 members (excludes halogenated alkanes) is 1. The van der Waals surface area contributed by atoms with Crippen LogP contribution >= 0.6 is 34.8 Å². The summed E-state index contributed by atoms with van der Waals surface area (Å²) in [4.78, 5) is 23.9. The molecule has 0 aliphatic rings. The van der Waals surface area contributed by atoms with Gasteiger partial charge in [-0.15, -0.1) is 0 Å². The first-order valence-electron chi connectivity index (χ1n) is 9.16. The van der Waals surface area contributed by atoms with Crippen LogP contribution in [-0.2, 0) is 24.0 Å². The van der Waals surface area contributed by atoms with E-state index in [4.69, 9.17) is 45.3 Å². The van der Waals surface area contributed by atoms with Crippen LogP contribution in [0, 0.1) is 0 Å². The van der Waals surface area contributed by atoms with Crippen LogP contribution in [0.2, 0.25) is 15.3 Å². The van der Waals surface area contributed by atoms with Crippen molar-refractivity contribution in [2.75, 3.05) is 12.3 Å². The van der Waals surface area contributed by atoms with Crippen molar-refractivity contribution in [1.29, 1.82) is 0 Å². The molecule has 0 aliphatic carbocycles. The minimum Gasteiger partial charge on any atom is -0.450 e. The van der Waals surface area contributed by atoms with Crippen LogP contribution in [0.15, 0.2) is 18.5 Å². The average Bonchev–Trinajstić information content (AvgIpc) is 3.09. The Balaban J connectivity index is 1.46. The van der Waals surface area contributed by atoms with Crippen molar-refractivity contribution in [2.45, 2.75) is 32.1 Å². The van der Waals surface area contributed by atoms with E-state index in [1.807, 2.05) is 0 Å². The number of nitrogen functional groups attached to an aromatic ring is 1. The molecular formula is C18H16Cl3F3N6O2. The molecule has 8 nitrogen and oxygen atoms in total. The molecule has 0 bridgehead atoms. The Labute approximate surface area is 194 Å². The highest BCUT2D eigenvalue weighted by Gasteiger charge is 2.34. The average molecular weight is 512 g/mol. The topological polar surface area (TPSA) is 108 Å². The molecule has 32 heavy (non-hydrogen) atoms. The fourth-order valence-electron chi connectivity index (χ4n) is 2.84. The van der Waals surface area contributed by atoms with Gasteiger partial charge in [-0.3, -0.25) is 0 Å². The van der Waals surface area contributed by atoms with Gasteiger partial charge in [-0.05, 0) is 36.6 Å². The van der Waals surface area contributed by atoms with Crippen molar-refractivity contribution in [3.05, 3.63) is 44.9 Å². The Morgan fingerprint density at radius 1 is 1.19 bits per heavy atom. The van der Waals surface area contributed by atoms with Gasteiger partial charge >= 0.3 is 12.3 Å². The number of nitrogens with zero attached hydrogens (tertiary/aromatic N) is 4. The maximum absolute atomic E-state index is 13.0. The Hall–Kier alpha value is -2.50. The number of rotatable bonds is 7. The lowest BCUT2D eigenvalue weighted by atomic mass is 10.1. The van der Waals surface area contributed by atoms with Crippen LogP contribution in [0.25, 0.3) is 11.2 Å². The number of carbonyl (C=O) groups is 1. The molecule has 0 spiro atoms. The van der Waals surface area contributed by atoms with Crippen molar-refractivity contribution in [1.82, 2.24) is 24.8 Å². The highest BCUT2D eigenvalue weighted by molar-refractivity contribution is 6.36. The summed E-state index contributed by atoms with van der Waals surface area (Å²) in [7, 11) is 0. The van der Waals surface area contributed by atoms with Gasteiger partial charge in [-0.1, -0.05) is 23.2 Å². The first-order valence-corrected chi connectivity index (χ1v) is 10.3. The number of anilines is 1. The number of hydrogen-bond acceptors (Lipinski definition) is 6. The van der Waals surface area contributed by atoms with Crippen LogP contribution in [0.5, 0.6) is 0 Å². The van der Waals surface area contributed by atoms with Gasteiger partial charge in [0.15, 0.2) is 11.5 Å². The fourth-order valence-corrected chi connectivity index (χ4v) is 3.62. The molecule has 0 saturated heterocycles. The number of halogens is 6. The number of aryl methyl sites for hydroxylation is 1. The number of aromatic nitrogens is 4. The molecule has 3 N–H and O–H groups in total. The van der Waals surface area contributed by atoms with Crippen molar-refractivity contribution in [2.24, 2.45) is 0 Å². The zero-order chi connectivity index (χ0) is 23.5. The monoisotopic (exact) mass is 510 g/mol. The summed E-state index contributed by atoms with van der Waals surface area (Å²) >= 11 is 17.5. The number of fused-ring (bicyclic) bond motifs is 1. The summed E-state index contributed by atoms with van der Waals surface area (Å²) in [5.41, 5.74) is 5.61. The second-order valence-corrected chi connectivity index (χ2v) is 7.69. The molecule has 0 radical (unpaired) electrons. The summed E-state index contributed by atoms with van der Waals surface area (Å²) in [6.45, 7) is 0.285. The highest BCUT2D eigenvalue weighted by atomic mass is 35.5. The third-order valence-electron chi connectivity index (χ3n) is 4.39. The van der Waals surface area contributed by atoms with E-state index in [0.29, 0.717) is 30.6 Å². The molecule has 0 fully saturated rings. The molecule has 1 amide bonds. The lowest BCUT2D eigenvalue weighted by molar-refractivity contribution is -0.137. The van der Waals surface area contributed by atoms with Gasteiger partial charge in [0.05, 0.1) is 23.5 Å². The molecule has 0 unspecified atom stereocenters. The van der Waals surface area contributed by atoms with E-state index in [-0.39, 0.29) is 34.8 Å². The van der Waals surface area contributed by atoms with Gasteiger partial charge in [0.25, 0.3) is 0 Å². The third-order valence-corrected chi connectivity index (χ3v) is 5.35. The Bertz CT molecular complexity index is 1140. The van der Waals surface area contributed by atoms with Crippen LogP contribution in [0.4, 0.5) is 23.8 Å². The van der Waals surface area contributed by atoms with E-state index in [9.17, 15) is 18.0 Å². The van der Waals surface area contributed by atoms with Crippen LogP contribution in [0.1, 0.15) is 24.0 Å². The summed E-state index contributed by atoms with van der Waals surface area (Å²) < 4.78 is 45.7. The van der Waals surface area contributed by atoms with Crippen molar-refractivity contribution >= 4 is 57.9 Å². The van der Waals surface area contributed by atoms with Gasteiger partial charge < -0.3 is 20.4 Å². The molecule has 0 atom stereocenters. The normalized spacial score (nSPS) is 11.7. The van der Waals surface area contributed by atoms with E-state index in [2.05, 4.69) is 20.3 Å².